The molecule has 0 aliphatic heterocycles. The molecule has 1 aliphatic rings. The first kappa shape index (κ1) is 14.6. The summed E-state index contributed by atoms with van der Waals surface area (Å²) in [4.78, 5) is 24.4. The molecule has 0 unspecified atom stereocenters. The van der Waals surface area contributed by atoms with Gasteiger partial charge in [0.1, 0.15) is 6.04 Å². The van der Waals surface area contributed by atoms with Gasteiger partial charge in [0.05, 0.1) is 6.04 Å². The Kier molecular flexibility index (Phi) is 3.62. The highest BCUT2D eigenvalue weighted by Gasteiger charge is 2.39. The number of carbonyl (C=O) groups excluding carboxylic acids is 1. The molecule has 0 radical (unpaired) electrons. The van der Waals surface area contributed by atoms with Gasteiger partial charge >= 0.3 is 6.09 Å². The van der Waals surface area contributed by atoms with Crippen molar-refractivity contribution >= 4 is 22.9 Å². The van der Waals surface area contributed by atoms with E-state index < -0.39 is 23.4 Å². The Hall–Kier alpha value is -2.33. The maximum absolute atomic E-state index is 11.8. The van der Waals surface area contributed by atoms with E-state index in [9.17, 15) is 14.7 Å². The van der Waals surface area contributed by atoms with E-state index in [4.69, 9.17) is 11.6 Å². The predicted molar refractivity (Wildman–Crippen MR) is 83.9 cm³/mol. The topological polar surface area (TPSA) is 57.6 Å². The summed E-state index contributed by atoms with van der Waals surface area (Å²) in [6, 6.07) is 13.8. The molecule has 1 N–H and O–H groups in total. The predicted octanol–water partition coefficient (Wildman–Crippen LogP) is 3.89. The molecule has 1 amide bonds. The SMILES string of the molecule is C[C@@H](C(=O)Cl)N(C(=O)O)C1c2ccccc2-c2ccccc21. The Labute approximate surface area is 132 Å². The van der Waals surface area contributed by atoms with Gasteiger partial charge in [0.15, 0.2) is 0 Å². The smallest absolute Gasteiger partial charge is 0.408 e. The lowest BCUT2D eigenvalue weighted by atomic mass is 10.0. The largest absolute Gasteiger partial charge is 0.465 e. The monoisotopic (exact) mass is 315 g/mol. The van der Waals surface area contributed by atoms with E-state index in [1.807, 2.05) is 48.5 Å². The number of hydrogen-bond donors (Lipinski definition) is 1. The van der Waals surface area contributed by atoms with Crippen molar-refractivity contribution in [3.63, 3.8) is 0 Å². The van der Waals surface area contributed by atoms with Crippen LogP contribution in [0.25, 0.3) is 11.1 Å². The third-order valence-electron chi connectivity index (χ3n) is 4.05. The fraction of sp³-hybridized carbons (Fsp3) is 0.176. The minimum absolute atomic E-state index is 0.525. The van der Waals surface area contributed by atoms with Crippen LogP contribution in [0.5, 0.6) is 0 Å². The lowest BCUT2D eigenvalue weighted by Crippen LogP contribution is -2.43. The molecular formula is C17H14ClNO3. The summed E-state index contributed by atoms with van der Waals surface area (Å²) in [6.45, 7) is 1.51. The highest BCUT2D eigenvalue weighted by Crippen LogP contribution is 2.46. The molecule has 1 atom stereocenters. The third kappa shape index (κ3) is 2.16. The molecule has 1 aliphatic carbocycles. The van der Waals surface area contributed by atoms with E-state index in [-0.39, 0.29) is 0 Å². The molecule has 2 aromatic carbocycles. The fourth-order valence-corrected chi connectivity index (χ4v) is 3.14. The average Bonchev–Trinajstić information content (AvgIpc) is 2.82. The molecule has 2 aromatic rings. The minimum Gasteiger partial charge on any atom is -0.465 e. The summed E-state index contributed by atoms with van der Waals surface area (Å²) in [5.74, 6) is 0. The van der Waals surface area contributed by atoms with Crippen LogP contribution in [-0.2, 0) is 4.79 Å². The summed E-state index contributed by atoms with van der Waals surface area (Å²) in [7, 11) is 0. The zero-order valence-corrected chi connectivity index (χ0v) is 12.6. The minimum atomic E-state index is -1.17. The molecule has 0 fully saturated rings. The van der Waals surface area contributed by atoms with Crippen molar-refractivity contribution in [1.29, 1.82) is 0 Å². The van der Waals surface area contributed by atoms with Crippen LogP contribution in [0, 0.1) is 0 Å². The molecule has 4 nitrogen and oxygen atoms in total. The number of carboxylic acid groups (broad SMARTS) is 1. The van der Waals surface area contributed by atoms with Crippen LogP contribution in [-0.4, -0.2) is 27.4 Å². The summed E-state index contributed by atoms with van der Waals surface area (Å²) in [5, 5.41) is 8.93. The van der Waals surface area contributed by atoms with Gasteiger partial charge in [-0.3, -0.25) is 9.69 Å². The van der Waals surface area contributed by atoms with Crippen molar-refractivity contribution in [3.05, 3.63) is 59.7 Å². The van der Waals surface area contributed by atoms with E-state index >= 15 is 0 Å². The normalized spacial score (nSPS) is 14.1. The number of benzene rings is 2. The Morgan fingerprint density at radius 1 is 1.05 bits per heavy atom. The summed E-state index contributed by atoms with van der Waals surface area (Å²) in [6.07, 6.45) is -1.17. The number of rotatable bonds is 3. The van der Waals surface area contributed by atoms with Crippen molar-refractivity contribution < 1.29 is 14.7 Å². The van der Waals surface area contributed by atoms with Gasteiger partial charge in [0.25, 0.3) is 0 Å². The number of hydrogen-bond acceptors (Lipinski definition) is 2. The number of carbonyl (C=O) groups is 2. The number of fused-ring (bicyclic) bond motifs is 3. The molecule has 0 bridgehead atoms. The van der Waals surface area contributed by atoms with Crippen molar-refractivity contribution in [2.75, 3.05) is 0 Å². The van der Waals surface area contributed by atoms with Gasteiger partial charge in [0.2, 0.25) is 5.24 Å². The molecule has 0 saturated carbocycles. The van der Waals surface area contributed by atoms with E-state index in [1.165, 1.54) is 6.92 Å². The first-order chi connectivity index (χ1) is 10.5. The van der Waals surface area contributed by atoms with Crippen molar-refractivity contribution in [3.8, 4) is 11.1 Å². The Morgan fingerprint density at radius 2 is 1.50 bits per heavy atom. The van der Waals surface area contributed by atoms with Gasteiger partial charge < -0.3 is 5.11 Å². The van der Waals surface area contributed by atoms with Crippen molar-refractivity contribution in [2.24, 2.45) is 0 Å². The van der Waals surface area contributed by atoms with Crippen LogP contribution in [0.2, 0.25) is 0 Å². The maximum atomic E-state index is 11.8. The van der Waals surface area contributed by atoms with Gasteiger partial charge in [-0.15, -0.1) is 0 Å². The van der Waals surface area contributed by atoms with Crippen LogP contribution in [0.3, 0.4) is 0 Å². The molecular weight excluding hydrogens is 302 g/mol. The van der Waals surface area contributed by atoms with Crippen molar-refractivity contribution in [1.82, 2.24) is 4.90 Å². The summed E-state index contributed by atoms with van der Waals surface area (Å²) >= 11 is 5.56. The molecule has 0 heterocycles. The van der Waals surface area contributed by atoms with Gasteiger partial charge in [-0.25, -0.2) is 4.79 Å². The maximum Gasteiger partial charge on any atom is 0.408 e. The van der Waals surface area contributed by atoms with Gasteiger partial charge in [-0.1, -0.05) is 48.5 Å². The van der Waals surface area contributed by atoms with Gasteiger partial charge in [0, 0.05) is 0 Å². The van der Waals surface area contributed by atoms with Crippen LogP contribution in [0.4, 0.5) is 4.79 Å². The standard InChI is InChI=1S/C17H14ClNO3/c1-10(16(18)20)19(17(21)22)15-13-8-4-2-6-11(13)12-7-3-5-9-14(12)15/h2-10,15H,1H3,(H,21,22)/t10-/m0/s1. The molecule has 5 heteroatoms. The van der Waals surface area contributed by atoms with Crippen molar-refractivity contribution in [2.45, 2.75) is 19.0 Å². The van der Waals surface area contributed by atoms with Crippen LogP contribution < -0.4 is 0 Å². The van der Waals surface area contributed by atoms with E-state index in [1.54, 1.807) is 0 Å². The third-order valence-corrected chi connectivity index (χ3v) is 4.36. The van der Waals surface area contributed by atoms with E-state index in [0.29, 0.717) is 0 Å². The zero-order chi connectivity index (χ0) is 15.9. The quantitative estimate of drug-likeness (QED) is 0.874. The molecule has 22 heavy (non-hydrogen) atoms. The van der Waals surface area contributed by atoms with Gasteiger partial charge in [-0.2, -0.15) is 0 Å². The summed E-state index contributed by atoms with van der Waals surface area (Å²) in [5.41, 5.74) is 3.72. The second-order valence-electron chi connectivity index (χ2n) is 5.25. The van der Waals surface area contributed by atoms with E-state index in [0.717, 1.165) is 27.2 Å². The highest BCUT2D eigenvalue weighted by molar-refractivity contribution is 6.64. The molecule has 0 aromatic heterocycles. The van der Waals surface area contributed by atoms with Gasteiger partial charge in [-0.05, 0) is 40.8 Å². The second kappa shape index (κ2) is 5.46. The lowest BCUT2D eigenvalue weighted by Gasteiger charge is -2.31. The molecule has 3 rings (SSSR count). The summed E-state index contributed by atoms with van der Waals surface area (Å²) < 4.78 is 0. The number of nitrogens with zero attached hydrogens (tertiary/aromatic N) is 1. The second-order valence-corrected chi connectivity index (χ2v) is 5.62. The fourth-order valence-electron chi connectivity index (χ4n) is 3.04. The Bertz CT molecular complexity index is 714. The van der Waals surface area contributed by atoms with Crippen LogP contribution in [0.1, 0.15) is 24.1 Å². The Morgan fingerprint density at radius 3 is 1.91 bits per heavy atom. The van der Waals surface area contributed by atoms with Crippen LogP contribution in [0.15, 0.2) is 48.5 Å². The average molecular weight is 316 g/mol. The molecule has 0 spiro atoms. The molecule has 112 valence electrons. The number of halogens is 1. The highest BCUT2D eigenvalue weighted by atomic mass is 35.5. The van der Waals surface area contributed by atoms with Crippen LogP contribution >= 0.6 is 11.6 Å². The zero-order valence-electron chi connectivity index (χ0n) is 11.9. The first-order valence-electron chi connectivity index (χ1n) is 6.91. The lowest BCUT2D eigenvalue weighted by molar-refractivity contribution is -0.116. The first-order valence-corrected chi connectivity index (χ1v) is 7.29. The molecule has 0 saturated heterocycles. The number of amides is 1. The Balaban J connectivity index is 2.21. The van der Waals surface area contributed by atoms with E-state index in [2.05, 4.69) is 0 Å².